The zero-order valence-corrected chi connectivity index (χ0v) is 19.6. The van der Waals surface area contributed by atoms with Gasteiger partial charge in [0, 0.05) is 0 Å². The van der Waals surface area contributed by atoms with Crippen LogP contribution < -0.4 is 0 Å². The smallest absolute Gasteiger partial charge is 0.193 e. The minimum absolute atomic E-state index is 0.0479. The summed E-state index contributed by atoms with van der Waals surface area (Å²) in [6.07, 6.45) is 0.521. The Hall–Kier alpha value is -2.62. The van der Waals surface area contributed by atoms with Crippen LogP contribution in [-0.4, -0.2) is 25.0 Å². The molecule has 0 aliphatic carbocycles. The molecular formula is C27H34N2O2. The predicted octanol–water partition coefficient (Wildman–Crippen LogP) is 6.31. The second-order valence-corrected chi connectivity index (χ2v) is 10.6. The van der Waals surface area contributed by atoms with Gasteiger partial charge in [0.25, 0.3) is 0 Å². The van der Waals surface area contributed by atoms with Crippen LogP contribution in [-0.2, 0) is 20.3 Å². The van der Waals surface area contributed by atoms with Crippen molar-refractivity contribution in [3.63, 3.8) is 0 Å². The van der Waals surface area contributed by atoms with Crippen LogP contribution >= 0.6 is 0 Å². The molecule has 2 aliphatic rings. The number of ether oxygens (including phenoxy) is 2. The molecule has 0 saturated heterocycles. The van der Waals surface area contributed by atoms with Crippen LogP contribution in [0, 0.1) is 0 Å². The molecule has 0 bridgehead atoms. The van der Waals surface area contributed by atoms with Gasteiger partial charge in [-0.1, -0.05) is 90.1 Å². The summed E-state index contributed by atoms with van der Waals surface area (Å²) in [7, 11) is 0. The zero-order valence-electron chi connectivity index (χ0n) is 19.6. The number of hydrogen-bond acceptors (Lipinski definition) is 4. The first kappa shape index (κ1) is 21.6. The second kappa shape index (κ2) is 8.14. The quantitative estimate of drug-likeness (QED) is 0.584. The van der Waals surface area contributed by atoms with E-state index in [0.29, 0.717) is 31.4 Å². The van der Waals surface area contributed by atoms with Crippen molar-refractivity contribution in [1.29, 1.82) is 0 Å². The van der Waals surface area contributed by atoms with E-state index in [0.717, 1.165) is 0 Å². The fourth-order valence-corrected chi connectivity index (χ4v) is 3.92. The Labute approximate surface area is 186 Å². The van der Waals surface area contributed by atoms with E-state index >= 15 is 0 Å². The highest BCUT2D eigenvalue weighted by molar-refractivity contribution is 5.98. The summed E-state index contributed by atoms with van der Waals surface area (Å²) < 4.78 is 11.7. The third-order valence-electron chi connectivity index (χ3n) is 6.04. The van der Waals surface area contributed by atoms with Gasteiger partial charge in [-0.15, -0.1) is 0 Å². The fourth-order valence-electron chi connectivity index (χ4n) is 3.92. The van der Waals surface area contributed by atoms with Gasteiger partial charge in [-0.05, 0) is 33.1 Å². The van der Waals surface area contributed by atoms with E-state index < -0.39 is 0 Å². The molecule has 2 aromatic rings. The lowest BCUT2D eigenvalue weighted by Gasteiger charge is -2.19. The molecule has 2 atom stereocenters. The molecule has 4 rings (SSSR count). The van der Waals surface area contributed by atoms with Crippen molar-refractivity contribution in [3.05, 3.63) is 70.8 Å². The second-order valence-electron chi connectivity index (χ2n) is 10.6. The average molecular weight is 419 g/mol. The number of nitrogens with zero attached hydrogens (tertiary/aromatic N) is 2. The summed E-state index contributed by atoms with van der Waals surface area (Å²) in [5, 5.41) is 0. The molecule has 4 nitrogen and oxygen atoms in total. The zero-order chi connectivity index (χ0) is 22.2. The predicted molar refractivity (Wildman–Crippen MR) is 127 cm³/mol. The van der Waals surface area contributed by atoms with E-state index in [4.69, 9.17) is 19.5 Å². The Bertz CT molecular complexity index is 892. The van der Waals surface area contributed by atoms with Gasteiger partial charge in [-0.25, -0.2) is 9.98 Å². The van der Waals surface area contributed by atoms with E-state index in [2.05, 4.69) is 90.1 Å². The minimum atomic E-state index is 0.0479. The molecule has 2 aliphatic heterocycles. The first-order valence-electron chi connectivity index (χ1n) is 11.2. The maximum atomic E-state index is 5.86. The summed E-state index contributed by atoms with van der Waals surface area (Å²) >= 11 is 0. The van der Waals surface area contributed by atoms with E-state index in [1.54, 1.807) is 0 Å². The molecule has 0 N–H and O–H groups in total. The monoisotopic (exact) mass is 418 g/mol. The van der Waals surface area contributed by atoms with Crippen LogP contribution in [0.5, 0.6) is 0 Å². The fraction of sp³-hybridized carbons (Fsp3) is 0.481. The molecule has 0 saturated carbocycles. The molecule has 0 aromatic heterocycles. The summed E-state index contributed by atoms with van der Waals surface area (Å²) in [5.41, 5.74) is 5.34. The van der Waals surface area contributed by atoms with Crippen LogP contribution in [0.3, 0.4) is 0 Å². The third-order valence-corrected chi connectivity index (χ3v) is 6.04. The summed E-state index contributed by atoms with van der Waals surface area (Å²) in [4.78, 5) is 9.57. The van der Waals surface area contributed by atoms with Crippen LogP contribution in [0.25, 0.3) is 0 Å². The lowest BCUT2D eigenvalue weighted by Crippen LogP contribution is -2.11. The molecule has 0 amide bonds. The van der Waals surface area contributed by atoms with Crippen molar-refractivity contribution in [1.82, 2.24) is 0 Å². The van der Waals surface area contributed by atoms with Gasteiger partial charge in [-0.2, -0.15) is 0 Å². The van der Waals surface area contributed by atoms with Crippen molar-refractivity contribution in [2.24, 2.45) is 9.98 Å². The van der Waals surface area contributed by atoms with Gasteiger partial charge < -0.3 is 9.47 Å². The van der Waals surface area contributed by atoms with E-state index in [9.17, 15) is 0 Å². The van der Waals surface area contributed by atoms with E-state index in [1.807, 2.05) is 0 Å². The van der Waals surface area contributed by atoms with Gasteiger partial charge in [0.1, 0.15) is 25.3 Å². The van der Waals surface area contributed by atoms with Crippen LogP contribution in [0.15, 0.2) is 58.5 Å². The topological polar surface area (TPSA) is 43.2 Å². The van der Waals surface area contributed by atoms with Gasteiger partial charge in [-0.3, -0.25) is 0 Å². The first-order chi connectivity index (χ1) is 14.6. The van der Waals surface area contributed by atoms with Crippen molar-refractivity contribution in [2.45, 2.75) is 70.9 Å². The number of benzene rings is 2. The van der Waals surface area contributed by atoms with Crippen LogP contribution in [0.2, 0.25) is 0 Å². The lowest BCUT2D eigenvalue weighted by molar-refractivity contribution is 0.300. The molecule has 0 fully saturated rings. The molecule has 0 spiro atoms. The van der Waals surface area contributed by atoms with Crippen molar-refractivity contribution < 1.29 is 9.47 Å². The van der Waals surface area contributed by atoms with Crippen molar-refractivity contribution in [3.8, 4) is 0 Å². The Morgan fingerprint density at radius 3 is 1.32 bits per heavy atom. The van der Waals surface area contributed by atoms with Crippen molar-refractivity contribution in [2.75, 3.05) is 13.2 Å². The van der Waals surface area contributed by atoms with Gasteiger partial charge in [0.2, 0.25) is 0 Å². The number of hydrogen-bond donors (Lipinski definition) is 0. The Kier molecular flexibility index (Phi) is 5.67. The third kappa shape index (κ3) is 5.00. The highest BCUT2D eigenvalue weighted by atomic mass is 16.5. The SMILES string of the molecule is CC(C)(C)c1ccc([C@@H]2COC(CC3=N[C@H](c4ccc(C(C)(C)C)cc4)CO3)=N2)cc1. The molecule has 31 heavy (non-hydrogen) atoms. The maximum absolute atomic E-state index is 5.86. The normalized spacial score (nSPS) is 21.4. The molecule has 2 heterocycles. The first-order valence-corrected chi connectivity index (χ1v) is 11.2. The summed E-state index contributed by atoms with van der Waals surface area (Å²) in [6.45, 7) is 14.5. The summed E-state index contributed by atoms with van der Waals surface area (Å²) in [6, 6.07) is 17.6. The molecule has 2 aromatic carbocycles. The Morgan fingerprint density at radius 1 is 0.645 bits per heavy atom. The highest BCUT2D eigenvalue weighted by Crippen LogP contribution is 2.30. The molecule has 0 unspecified atom stereocenters. The molecular weight excluding hydrogens is 384 g/mol. The molecule has 4 heteroatoms. The average Bonchev–Trinajstić information content (AvgIpc) is 3.37. The largest absolute Gasteiger partial charge is 0.478 e. The lowest BCUT2D eigenvalue weighted by atomic mass is 9.86. The summed E-state index contributed by atoms with van der Waals surface area (Å²) in [5.74, 6) is 1.43. The number of aliphatic imine (C=N–C) groups is 2. The number of rotatable bonds is 4. The molecule has 0 radical (unpaired) electrons. The Balaban J connectivity index is 1.39. The van der Waals surface area contributed by atoms with Crippen molar-refractivity contribution >= 4 is 11.8 Å². The van der Waals surface area contributed by atoms with Gasteiger partial charge in [0.05, 0.1) is 6.42 Å². The standard InChI is InChI=1S/C27H34N2O2/c1-26(2,3)20-11-7-18(8-12-20)22-16-30-24(28-22)15-25-29-23(17-31-25)19-9-13-21(14-10-19)27(4,5)6/h7-14,22-23H,15-17H2,1-6H3/t22-,23-/m0/s1. The minimum Gasteiger partial charge on any atom is -0.478 e. The Morgan fingerprint density at radius 2 is 1.00 bits per heavy atom. The van der Waals surface area contributed by atoms with Gasteiger partial charge in [0.15, 0.2) is 11.8 Å². The highest BCUT2D eigenvalue weighted by Gasteiger charge is 2.27. The van der Waals surface area contributed by atoms with E-state index in [-0.39, 0.29) is 22.9 Å². The van der Waals surface area contributed by atoms with Crippen LogP contribution in [0.1, 0.15) is 82.3 Å². The van der Waals surface area contributed by atoms with E-state index in [1.165, 1.54) is 22.3 Å². The maximum Gasteiger partial charge on any atom is 0.193 e. The molecule has 164 valence electrons. The van der Waals surface area contributed by atoms with Gasteiger partial charge >= 0.3 is 0 Å². The van der Waals surface area contributed by atoms with Crippen LogP contribution in [0.4, 0.5) is 0 Å².